The average Bonchev–Trinajstić information content (AvgIpc) is 2.61. The van der Waals surface area contributed by atoms with Crippen LogP contribution in [0.2, 0.25) is 0 Å². The number of fused-ring (bicyclic) bond motifs is 1. The summed E-state index contributed by atoms with van der Waals surface area (Å²) in [6, 6.07) is 7.67. The van der Waals surface area contributed by atoms with E-state index in [-0.39, 0.29) is 17.1 Å². The third kappa shape index (κ3) is 3.56. The number of benzene rings is 1. The molecule has 0 amide bonds. The van der Waals surface area contributed by atoms with Crippen molar-refractivity contribution >= 4 is 11.0 Å². The predicted molar refractivity (Wildman–Crippen MR) is 102 cm³/mol. The van der Waals surface area contributed by atoms with Gasteiger partial charge in [0, 0.05) is 31.1 Å². The molecule has 0 radical (unpaired) electrons. The second-order valence-electron chi connectivity index (χ2n) is 8.05. The molecular weight excluding hydrogens is 328 g/mol. The highest BCUT2D eigenvalue weighted by atomic mass is 16.4. The number of β-amino-alcohol motifs (C(OH)–C–C–N with tert-alkyl or cyclic N) is 1. The van der Waals surface area contributed by atoms with Crippen molar-refractivity contribution in [3.63, 3.8) is 0 Å². The summed E-state index contributed by atoms with van der Waals surface area (Å²) in [6.45, 7) is 6.52. The van der Waals surface area contributed by atoms with Crippen LogP contribution < -0.4 is 10.9 Å². The third-order valence-corrected chi connectivity index (χ3v) is 6.06. The second-order valence-corrected chi connectivity index (χ2v) is 8.05. The Bertz CT molecular complexity index is 839. The van der Waals surface area contributed by atoms with E-state index < -0.39 is 0 Å². The maximum Gasteiger partial charge on any atom is 0.336 e. The predicted octanol–water partition coefficient (Wildman–Crippen LogP) is 2.29. The smallest absolute Gasteiger partial charge is 0.336 e. The van der Waals surface area contributed by atoms with Crippen LogP contribution in [0.4, 0.5) is 0 Å². The zero-order chi connectivity index (χ0) is 18.1. The Balaban J connectivity index is 1.64. The number of aliphatic hydroxyl groups excluding tert-OH is 1. The standard InChI is InChI=1S/C21H28N2O3/c1-2-15-3-4-19-18(9-15)16(10-20(25)26-19)12-23-13-17(24)11-21(14-23)5-7-22-8-6-21/h3-4,9-10,17,22,24H,2,5-8,11-14H2,1H3. The summed E-state index contributed by atoms with van der Waals surface area (Å²) in [6.07, 6.45) is 3.77. The van der Waals surface area contributed by atoms with Gasteiger partial charge in [0.25, 0.3) is 0 Å². The van der Waals surface area contributed by atoms with Gasteiger partial charge >= 0.3 is 5.63 Å². The topological polar surface area (TPSA) is 65.7 Å². The van der Waals surface area contributed by atoms with Crippen LogP contribution in [0, 0.1) is 5.41 Å². The molecule has 0 saturated carbocycles. The van der Waals surface area contributed by atoms with Crippen LogP contribution in [0.15, 0.2) is 33.5 Å². The molecule has 0 aliphatic carbocycles. The Morgan fingerprint density at radius 2 is 2.12 bits per heavy atom. The van der Waals surface area contributed by atoms with Crippen molar-refractivity contribution in [2.45, 2.75) is 45.3 Å². The molecule has 5 nitrogen and oxygen atoms in total. The van der Waals surface area contributed by atoms with E-state index in [1.54, 1.807) is 6.07 Å². The van der Waals surface area contributed by atoms with Crippen molar-refractivity contribution in [1.29, 1.82) is 0 Å². The first-order chi connectivity index (χ1) is 12.6. The normalized spacial score (nSPS) is 23.5. The van der Waals surface area contributed by atoms with E-state index in [1.807, 2.05) is 12.1 Å². The van der Waals surface area contributed by atoms with E-state index in [4.69, 9.17) is 4.42 Å². The highest BCUT2D eigenvalue weighted by Crippen LogP contribution is 2.38. The molecule has 2 aromatic rings. The number of nitrogens with zero attached hydrogens (tertiary/aromatic N) is 1. The Morgan fingerprint density at radius 1 is 1.31 bits per heavy atom. The van der Waals surface area contributed by atoms with Gasteiger partial charge in [0.05, 0.1) is 6.10 Å². The number of rotatable bonds is 3. The van der Waals surface area contributed by atoms with Gasteiger partial charge in [-0.05, 0) is 67.4 Å². The molecule has 2 fully saturated rings. The molecule has 2 aliphatic heterocycles. The van der Waals surface area contributed by atoms with Crippen molar-refractivity contribution < 1.29 is 9.52 Å². The molecule has 0 bridgehead atoms. The van der Waals surface area contributed by atoms with Crippen molar-refractivity contribution in [1.82, 2.24) is 10.2 Å². The number of hydrogen-bond acceptors (Lipinski definition) is 5. The number of nitrogens with one attached hydrogen (secondary N) is 1. The fraction of sp³-hybridized carbons (Fsp3) is 0.571. The van der Waals surface area contributed by atoms with Crippen molar-refractivity contribution in [2.24, 2.45) is 5.41 Å². The summed E-state index contributed by atoms with van der Waals surface area (Å²) < 4.78 is 5.39. The maximum absolute atomic E-state index is 12.0. The lowest BCUT2D eigenvalue weighted by Crippen LogP contribution is -2.52. The molecule has 2 saturated heterocycles. The van der Waals surface area contributed by atoms with E-state index in [1.165, 1.54) is 5.56 Å². The monoisotopic (exact) mass is 356 g/mol. The summed E-state index contributed by atoms with van der Waals surface area (Å²) in [5.74, 6) is 0. The Morgan fingerprint density at radius 3 is 2.88 bits per heavy atom. The summed E-state index contributed by atoms with van der Waals surface area (Å²) in [4.78, 5) is 14.3. The Labute approximate surface area is 154 Å². The fourth-order valence-corrected chi connectivity index (χ4v) is 4.77. The van der Waals surface area contributed by atoms with Gasteiger partial charge in [0.15, 0.2) is 0 Å². The van der Waals surface area contributed by atoms with Gasteiger partial charge < -0.3 is 14.8 Å². The molecule has 1 unspecified atom stereocenters. The van der Waals surface area contributed by atoms with E-state index in [9.17, 15) is 9.90 Å². The fourth-order valence-electron chi connectivity index (χ4n) is 4.77. The molecule has 140 valence electrons. The van der Waals surface area contributed by atoms with E-state index in [0.717, 1.165) is 56.3 Å². The first kappa shape index (κ1) is 17.7. The number of hydrogen-bond donors (Lipinski definition) is 2. The summed E-state index contributed by atoms with van der Waals surface area (Å²) in [5, 5.41) is 14.9. The number of likely N-dealkylation sites (tertiary alicyclic amines) is 1. The largest absolute Gasteiger partial charge is 0.423 e. The molecular formula is C21H28N2O3. The summed E-state index contributed by atoms with van der Waals surface area (Å²) in [5.41, 5.74) is 2.79. The van der Waals surface area contributed by atoms with E-state index in [0.29, 0.717) is 18.7 Å². The minimum absolute atomic E-state index is 0.201. The second kappa shape index (κ2) is 7.14. The van der Waals surface area contributed by atoms with Crippen LogP contribution in [0.1, 0.15) is 37.3 Å². The average molecular weight is 356 g/mol. The highest BCUT2D eigenvalue weighted by Gasteiger charge is 2.40. The van der Waals surface area contributed by atoms with Crippen LogP contribution in [-0.4, -0.2) is 42.3 Å². The van der Waals surface area contributed by atoms with Gasteiger partial charge in [0.1, 0.15) is 5.58 Å². The SMILES string of the molecule is CCc1ccc2oc(=O)cc(CN3CC(O)CC4(CCNCC4)C3)c2c1. The molecule has 2 N–H and O–H groups in total. The molecule has 1 aromatic carbocycles. The third-order valence-electron chi connectivity index (χ3n) is 6.06. The first-order valence-electron chi connectivity index (χ1n) is 9.74. The van der Waals surface area contributed by atoms with Crippen LogP contribution in [0.5, 0.6) is 0 Å². The molecule has 2 aliphatic rings. The van der Waals surface area contributed by atoms with Gasteiger partial charge in [-0.3, -0.25) is 4.90 Å². The molecule has 5 heteroatoms. The molecule has 3 heterocycles. The zero-order valence-electron chi connectivity index (χ0n) is 15.5. The Hall–Kier alpha value is -1.69. The zero-order valence-corrected chi connectivity index (χ0v) is 15.5. The highest BCUT2D eigenvalue weighted by molar-refractivity contribution is 5.80. The molecule has 1 spiro atoms. The number of piperidine rings is 2. The van der Waals surface area contributed by atoms with Gasteiger partial charge in [0.2, 0.25) is 0 Å². The van der Waals surface area contributed by atoms with Gasteiger partial charge in [-0.2, -0.15) is 0 Å². The van der Waals surface area contributed by atoms with Gasteiger partial charge in [-0.1, -0.05) is 13.0 Å². The molecule has 1 atom stereocenters. The van der Waals surface area contributed by atoms with Crippen LogP contribution >= 0.6 is 0 Å². The molecule has 26 heavy (non-hydrogen) atoms. The first-order valence-corrected chi connectivity index (χ1v) is 9.74. The van der Waals surface area contributed by atoms with E-state index >= 15 is 0 Å². The maximum atomic E-state index is 12.0. The summed E-state index contributed by atoms with van der Waals surface area (Å²) >= 11 is 0. The van der Waals surface area contributed by atoms with Crippen LogP contribution in [-0.2, 0) is 13.0 Å². The lowest BCUT2D eigenvalue weighted by atomic mass is 9.72. The lowest BCUT2D eigenvalue weighted by molar-refractivity contribution is -0.0277. The number of aryl methyl sites for hydroxylation is 1. The lowest BCUT2D eigenvalue weighted by Gasteiger charge is -2.47. The minimum Gasteiger partial charge on any atom is -0.423 e. The summed E-state index contributed by atoms with van der Waals surface area (Å²) in [7, 11) is 0. The van der Waals surface area contributed by atoms with Crippen LogP contribution in [0.25, 0.3) is 11.0 Å². The van der Waals surface area contributed by atoms with E-state index in [2.05, 4.69) is 23.2 Å². The number of aliphatic hydroxyl groups is 1. The minimum atomic E-state index is -0.300. The van der Waals surface area contributed by atoms with Crippen molar-refractivity contribution in [3.05, 3.63) is 45.8 Å². The van der Waals surface area contributed by atoms with Gasteiger partial charge in [-0.15, -0.1) is 0 Å². The quantitative estimate of drug-likeness (QED) is 0.826. The Kier molecular flexibility index (Phi) is 4.86. The van der Waals surface area contributed by atoms with Crippen LogP contribution in [0.3, 0.4) is 0 Å². The van der Waals surface area contributed by atoms with Crippen molar-refractivity contribution in [2.75, 3.05) is 26.2 Å². The molecule has 1 aromatic heterocycles. The van der Waals surface area contributed by atoms with Gasteiger partial charge in [-0.25, -0.2) is 4.79 Å². The molecule has 4 rings (SSSR count). The van der Waals surface area contributed by atoms with Crippen molar-refractivity contribution in [3.8, 4) is 0 Å².